The van der Waals surface area contributed by atoms with Crippen LogP contribution in [-0.4, -0.2) is 42.5 Å². The lowest BCUT2D eigenvalue weighted by molar-refractivity contribution is -0.139. The Hall–Kier alpha value is -3.28. The molecule has 0 radical (unpaired) electrons. The molecule has 1 atom stereocenters. The van der Waals surface area contributed by atoms with Crippen molar-refractivity contribution in [1.29, 1.82) is 0 Å². The van der Waals surface area contributed by atoms with E-state index in [-0.39, 0.29) is 11.3 Å². The van der Waals surface area contributed by atoms with Gasteiger partial charge >= 0.3 is 0 Å². The van der Waals surface area contributed by atoms with Crippen LogP contribution in [-0.2, 0) is 9.59 Å². The van der Waals surface area contributed by atoms with Gasteiger partial charge < -0.3 is 19.5 Å². The standard InChI is InChI=1S/C23H25NO5/c1-5-11-24-20(15-8-6-7-14(2)12-15)19(22(26)23(24)27)21(25)17-13-16(28-3)9-10-18(17)29-4/h6-10,12-13,20,25H,5,11H2,1-4H3/b21-19+. The SMILES string of the molecule is CCCN1C(=O)C(=O)/C(=C(/O)c2cc(OC)ccc2OC)C1c1cccc(C)c1. The maximum atomic E-state index is 12.9. The zero-order chi connectivity index (χ0) is 21.1. The minimum absolute atomic E-state index is 0.0561. The van der Waals surface area contributed by atoms with Crippen LogP contribution in [0.5, 0.6) is 11.5 Å². The van der Waals surface area contributed by atoms with Crippen molar-refractivity contribution in [3.05, 3.63) is 64.7 Å². The summed E-state index contributed by atoms with van der Waals surface area (Å²) >= 11 is 0. The minimum Gasteiger partial charge on any atom is -0.507 e. The van der Waals surface area contributed by atoms with Gasteiger partial charge in [-0.3, -0.25) is 9.59 Å². The highest BCUT2D eigenvalue weighted by Crippen LogP contribution is 2.41. The molecule has 0 aromatic heterocycles. The van der Waals surface area contributed by atoms with Gasteiger partial charge in [-0.05, 0) is 37.1 Å². The molecule has 6 heteroatoms. The number of ketones is 1. The van der Waals surface area contributed by atoms with Crippen molar-refractivity contribution in [2.45, 2.75) is 26.3 Å². The number of Topliss-reactive ketones (excluding diaryl/α,β-unsaturated/α-hetero) is 1. The number of carbonyl (C=O) groups excluding carboxylic acids is 2. The van der Waals surface area contributed by atoms with Crippen LogP contribution >= 0.6 is 0 Å². The maximum Gasteiger partial charge on any atom is 0.295 e. The van der Waals surface area contributed by atoms with Gasteiger partial charge in [0.15, 0.2) is 0 Å². The fourth-order valence-electron chi connectivity index (χ4n) is 3.68. The Labute approximate surface area is 170 Å². The molecule has 2 aromatic rings. The number of benzene rings is 2. The zero-order valence-electron chi connectivity index (χ0n) is 17.1. The molecule has 1 amide bonds. The van der Waals surface area contributed by atoms with Gasteiger partial charge in [-0.1, -0.05) is 36.8 Å². The molecular formula is C23H25NO5. The zero-order valence-corrected chi connectivity index (χ0v) is 17.1. The smallest absolute Gasteiger partial charge is 0.295 e. The van der Waals surface area contributed by atoms with E-state index in [1.54, 1.807) is 18.2 Å². The number of methoxy groups -OCH3 is 2. The molecule has 1 heterocycles. The Morgan fingerprint density at radius 2 is 1.86 bits per heavy atom. The molecule has 0 spiro atoms. The summed E-state index contributed by atoms with van der Waals surface area (Å²) in [4.78, 5) is 27.2. The summed E-state index contributed by atoms with van der Waals surface area (Å²) in [7, 11) is 2.99. The number of nitrogens with zero attached hydrogens (tertiary/aromatic N) is 1. The normalized spacial score (nSPS) is 18.2. The van der Waals surface area contributed by atoms with Crippen molar-refractivity contribution in [2.75, 3.05) is 20.8 Å². The number of hydrogen-bond acceptors (Lipinski definition) is 5. The topological polar surface area (TPSA) is 76.1 Å². The molecule has 2 aromatic carbocycles. The third-order valence-electron chi connectivity index (χ3n) is 5.02. The van der Waals surface area contributed by atoms with Crippen molar-refractivity contribution >= 4 is 17.4 Å². The van der Waals surface area contributed by atoms with Crippen LogP contribution < -0.4 is 9.47 Å². The second kappa shape index (κ2) is 8.39. The van der Waals surface area contributed by atoms with E-state index < -0.39 is 17.7 Å². The molecule has 1 fully saturated rings. The number of amides is 1. The Balaban J connectivity index is 2.26. The molecule has 1 N–H and O–H groups in total. The highest BCUT2D eigenvalue weighted by molar-refractivity contribution is 6.46. The number of hydrogen-bond donors (Lipinski definition) is 1. The maximum absolute atomic E-state index is 12.9. The van der Waals surface area contributed by atoms with Crippen LogP contribution in [0.15, 0.2) is 48.0 Å². The summed E-state index contributed by atoms with van der Waals surface area (Å²) < 4.78 is 10.6. The van der Waals surface area contributed by atoms with E-state index in [0.717, 1.165) is 11.1 Å². The third kappa shape index (κ3) is 3.70. The summed E-state index contributed by atoms with van der Waals surface area (Å²) in [6.45, 7) is 4.30. The molecule has 152 valence electrons. The molecular weight excluding hydrogens is 370 g/mol. The quantitative estimate of drug-likeness (QED) is 0.457. The molecule has 0 aliphatic carbocycles. The van der Waals surface area contributed by atoms with Crippen molar-refractivity contribution in [3.8, 4) is 11.5 Å². The van der Waals surface area contributed by atoms with Gasteiger partial charge in [0.25, 0.3) is 11.7 Å². The van der Waals surface area contributed by atoms with Gasteiger partial charge in [-0.15, -0.1) is 0 Å². The van der Waals surface area contributed by atoms with Gasteiger partial charge in [0.1, 0.15) is 17.3 Å². The lowest BCUT2D eigenvalue weighted by atomic mass is 9.94. The Morgan fingerprint density at radius 3 is 2.48 bits per heavy atom. The molecule has 3 rings (SSSR count). The number of likely N-dealkylation sites (tertiary alicyclic amines) is 1. The predicted octanol–water partition coefficient (Wildman–Crippen LogP) is 3.84. The number of carbonyl (C=O) groups is 2. The molecule has 1 saturated heterocycles. The number of ether oxygens (including phenoxy) is 2. The molecule has 1 unspecified atom stereocenters. The minimum atomic E-state index is -0.702. The van der Waals surface area contributed by atoms with Gasteiger partial charge in [0.2, 0.25) is 0 Å². The predicted molar refractivity (Wildman–Crippen MR) is 110 cm³/mol. The number of aliphatic hydroxyl groups is 1. The van der Waals surface area contributed by atoms with E-state index >= 15 is 0 Å². The second-order valence-electron chi connectivity index (χ2n) is 6.97. The first-order valence-electron chi connectivity index (χ1n) is 9.50. The average molecular weight is 395 g/mol. The molecule has 1 aliphatic rings. The summed E-state index contributed by atoms with van der Waals surface area (Å²) in [6.07, 6.45) is 0.692. The Kier molecular flexibility index (Phi) is 5.92. The van der Waals surface area contributed by atoms with Crippen molar-refractivity contribution < 1.29 is 24.2 Å². The van der Waals surface area contributed by atoms with Crippen molar-refractivity contribution in [1.82, 2.24) is 4.90 Å². The largest absolute Gasteiger partial charge is 0.507 e. The average Bonchev–Trinajstić information content (AvgIpc) is 2.98. The Morgan fingerprint density at radius 1 is 1.10 bits per heavy atom. The molecule has 1 aliphatic heterocycles. The molecule has 0 saturated carbocycles. The summed E-state index contributed by atoms with van der Waals surface area (Å²) in [6, 6.07) is 11.9. The molecule has 0 bridgehead atoms. The van der Waals surface area contributed by atoms with Crippen LogP contribution in [0.3, 0.4) is 0 Å². The van der Waals surface area contributed by atoms with Crippen LogP contribution in [0.1, 0.15) is 36.1 Å². The number of aliphatic hydroxyl groups excluding tert-OH is 1. The van der Waals surface area contributed by atoms with E-state index in [2.05, 4.69) is 0 Å². The monoisotopic (exact) mass is 395 g/mol. The lowest BCUT2D eigenvalue weighted by Crippen LogP contribution is -2.30. The lowest BCUT2D eigenvalue weighted by Gasteiger charge is -2.25. The third-order valence-corrected chi connectivity index (χ3v) is 5.02. The first-order valence-corrected chi connectivity index (χ1v) is 9.50. The van der Waals surface area contributed by atoms with Crippen LogP contribution in [0.25, 0.3) is 5.76 Å². The van der Waals surface area contributed by atoms with Crippen LogP contribution in [0, 0.1) is 6.92 Å². The first kappa shape index (κ1) is 20.5. The van der Waals surface area contributed by atoms with E-state index in [9.17, 15) is 14.7 Å². The van der Waals surface area contributed by atoms with E-state index in [4.69, 9.17) is 9.47 Å². The van der Waals surface area contributed by atoms with Crippen LogP contribution in [0.2, 0.25) is 0 Å². The molecule has 6 nitrogen and oxygen atoms in total. The van der Waals surface area contributed by atoms with Gasteiger partial charge in [-0.25, -0.2) is 0 Å². The Bertz CT molecular complexity index is 979. The van der Waals surface area contributed by atoms with Gasteiger partial charge in [0, 0.05) is 6.54 Å². The first-order chi connectivity index (χ1) is 13.9. The van der Waals surface area contributed by atoms with E-state index in [1.165, 1.54) is 19.1 Å². The van der Waals surface area contributed by atoms with Crippen LogP contribution in [0.4, 0.5) is 0 Å². The van der Waals surface area contributed by atoms with E-state index in [0.29, 0.717) is 30.0 Å². The summed E-state index contributed by atoms with van der Waals surface area (Å²) in [5, 5.41) is 11.2. The van der Waals surface area contributed by atoms with Gasteiger partial charge in [-0.2, -0.15) is 0 Å². The highest BCUT2D eigenvalue weighted by atomic mass is 16.5. The fraction of sp³-hybridized carbons (Fsp3) is 0.304. The van der Waals surface area contributed by atoms with Crippen molar-refractivity contribution in [2.24, 2.45) is 0 Å². The number of aryl methyl sites for hydroxylation is 1. The second-order valence-corrected chi connectivity index (χ2v) is 6.97. The number of rotatable bonds is 6. The summed E-state index contributed by atoms with van der Waals surface area (Å²) in [5.74, 6) is -0.700. The van der Waals surface area contributed by atoms with Gasteiger partial charge in [0.05, 0.1) is 31.4 Å². The highest BCUT2D eigenvalue weighted by Gasteiger charge is 2.45. The summed E-state index contributed by atoms with van der Waals surface area (Å²) in [5.41, 5.74) is 2.14. The fourth-order valence-corrected chi connectivity index (χ4v) is 3.68. The molecule has 29 heavy (non-hydrogen) atoms. The van der Waals surface area contributed by atoms with E-state index in [1.807, 2.05) is 38.1 Å². The van der Waals surface area contributed by atoms with Crippen molar-refractivity contribution in [3.63, 3.8) is 0 Å².